The molecule has 1 saturated heterocycles. The first-order chi connectivity index (χ1) is 7.81. The third-order valence-corrected chi connectivity index (χ3v) is 4.03. The van der Waals surface area contributed by atoms with E-state index < -0.39 is 0 Å². The van der Waals surface area contributed by atoms with Gasteiger partial charge in [-0.1, -0.05) is 36.8 Å². The Morgan fingerprint density at radius 3 is 2.69 bits per heavy atom. The van der Waals surface area contributed by atoms with Gasteiger partial charge in [-0.25, -0.2) is 0 Å². The third kappa shape index (κ3) is 2.65. The van der Waals surface area contributed by atoms with Crippen molar-refractivity contribution in [2.24, 2.45) is 11.8 Å². The van der Waals surface area contributed by atoms with Crippen molar-refractivity contribution in [3.63, 3.8) is 0 Å². The van der Waals surface area contributed by atoms with Crippen molar-refractivity contribution in [2.45, 2.75) is 31.7 Å². The molecule has 16 heavy (non-hydrogen) atoms. The highest BCUT2D eigenvalue weighted by Gasteiger charge is 2.24. The van der Waals surface area contributed by atoms with Crippen LogP contribution in [0.4, 0.5) is 0 Å². The van der Waals surface area contributed by atoms with Crippen molar-refractivity contribution in [3.05, 3.63) is 37.0 Å². The molecule has 0 aromatic heterocycles. The lowest BCUT2D eigenvalue weighted by molar-refractivity contribution is 0.251. The second-order valence-corrected chi connectivity index (χ2v) is 5.11. The van der Waals surface area contributed by atoms with Crippen molar-refractivity contribution < 1.29 is 0 Å². The minimum atomic E-state index is 0.543. The molecule has 0 aromatic carbocycles. The quantitative estimate of drug-likeness (QED) is 0.608. The largest absolute Gasteiger partial charge is 0.300 e. The highest BCUT2D eigenvalue weighted by Crippen LogP contribution is 2.31. The Morgan fingerprint density at radius 1 is 1.19 bits per heavy atom. The predicted octanol–water partition coefficient (Wildman–Crippen LogP) is 3.41. The number of fused-ring (bicyclic) bond motifs is 1. The van der Waals surface area contributed by atoms with Crippen LogP contribution in [0.15, 0.2) is 37.0 Å². The van der Waals surface area contributed by atoms with E-state index in [0.29, 0.717) is 12.0 Å². The number of nitrogens with zero attached hydrogens (tertiary/aromatic N) is 1. The molecule has 0 saturated carbocycles. The van der Waals surface area contributed by atoms with Gasteiger partial charge in [0.2, 0.25) is 0 Å². The topological polar surface area (TPSA) is 3.24 Å². The molecule has 88 valence electrons. The summed E-state index contributed by atoms with van der Waals surface area (Å²) in [6, 6.07) is 0.543. The zero-order chi connectivity index (χ0) is 11.4. The van der Waals surface area contributed by atoms with E-state index in [1.807, 2.05) is 0 Å². The summed E-state index contributed by atoms with van der Waals surface area (Å²) in [6.07, 6.45) is 16.6. The maximum atomic E-state index is 3.99. The van der Waals surface area contributed by atoms with Crippen LogP contribution in [-0.2, 0) is 0 Å². The lowest BCUT2D eigenvalue weighted by Gasteiger charge is -2.29. The second-order valence-electron chi connectivity index (χ2n) is 5.11. The molecule has 2 aliphatic rings. The average Bonchev–Trinajstić information content (AvgIpc) is 2.39. The number of hydrogen-bond acceptors (Lipinski definition) is 1. The van der Waals surface area contributed by atoms with Gasteiger partial charge in [0.25, 0.3) is 0 Å². The van der Waals surface area contributed by atoms with Gasteiger partial charge in [0.15, 0.2) is 0 Å². The van der Waals surface area contributed by atoms with Gasteiger partial charge >= 0.3 is 0 Å². The van der Waals surface area contributed by atoms with Gasteiger partial charge in [-0.05, 0) is 44.7 Å². The van der Waals surface area contributed by atoms with Crippen LogP contribution in [0.3, 0.4) is 0 Å². The molecule has 3 unspecified atom stereocenters. The Balaban J connectivity index is 2.11. The summed E-state index contributed by atoms with van der Waals surface area (Å²) in [5.74, 6) is 1.48. The Bertz CT molecular complexity index is 290. The summed E-state index contributed by atoms with van der Waals surface area (Å²) in [5.41, 5.74) is 0. The summed E-state index contributed by atoms with van der Waals surface area (Å²) in [6.45, 7) is 5.20. The third-order valence-electron chi connectivity index (χ3n) is 4.03. The van der Waals surface area contributed by atoms with Crippen LogP contribution in [0, 0.1) is 11.8 Å². The van der Waals surface area contributed by atoms with E-state index in [1.165, 1.54) is 32.2 Å². The molecule has 1 nitrogen and oxygen atoms in total. The van der Waals surface area contributed by atoms with E-state index in [9.17, 15) is 0 Å². The van der Waals surface area contributed by atoms with Crippen molar-refractivity contribution in [1.29, 1.82) is 0 Å². The molecule has 0 radical (unpaired) electrons. The lowest BCUT2D eigenvalue weighted by atomic mass is 9.81. The minimum absolute atomic E-state index is 0.543. The molecule has 0 spiro atoms. The number of allylic oxidation sites excluding steroid dienone is 4. The minimum Gasteiger partial charge on any atom is -0.300 e. The number of hydrogen-bond donors (Lipinski definition) is 0. The molecule has 0 N–H and O–H groups in total. The summed E-state index contributed by atoms with van der Waals surface area (Å²) < 4.78 is 0. The first-order valence-electron chi connectivity index (χ1n) is 6.49. The molecule has 0 amide bonds. The van der Waals surface area contributed by atoms with Gasteiger partial charge in [0.05, 0.1) is 0 Å². The fraction of sp³-hybridized carbons (Fsp3) is 0.600. The standard InChI is InChI=1S/C15H23N/c1-3-15-12-14-10-5-4-8-13(14)9-6-7-11-16(15)2/h3-5,8,10,13-15H,1,6-7,9,11-12H2,2H3. The maximum Gasteiger partial charge on any atom is 0.0278 e. The summed E-state index contributed by atoms with van der Waals surface area (Å²) in [5, 5.41) is 0. The fourth-order valence-electron chi connectivity index (χ4n) is 2.90. The van der Waals surface area contributed by atoms with Crippen LogP contribution in [0.25, 0.3) is 0 Å². The summed E-state index contributed by atoms with van der Waals surface area (Å²) in [4.78, 5) is 2.46. The zero-order valence-corrected chi connectivity index (χ0v) is 10.3. The lowest BCUT2D eigenvalue weighted by Crippen LogP contribution is -2.32. The van der Waals surface area contributed by atoms with E-state index >= 15 is 0 Å². The Labute approximate surface area is 99.5 Å². The van der Waals surface area contributed by atoms with E-state index in [4.69, 9.17) is 0 Å². The number of likely N-dealkylation sites (N-methyl/N-ethyl adjacent to an activating group) is 1. The Morgan fingerprint density at radius 2 is 1.94 bits per heavy atom. The normalized spacial score (nSPS) is 35.9. The molecule has 1 heterocycles. The molecule has 1 heteroatoms. The van der Waals surface area contributed by atoms with E-state index in [1.54, 1.807) is 0 Å². The molecule has 3 atom stereocenters. The average molecular weight is 217 g/mol. The van der Waals surface area contributed by atoms with Crippen LogP contribution < -0.4 is 0 Å². The Hall–Kier alpha value is -0.820. The van der Waals surface area contributed by atoms with E-state index in [-0.39, 0.29) is 0 Å². The molecule has 2 rings (SSSR count). The molecule has 1 aliphatic heterocycles. The first kappa shape index (κ1) is 11.7. The van der Waals surface area contributed by atoms with Crippen LogP contribution >= 0.6 is 0 Å². The van der Waals surface area contributed by atoms with Crippen molar-refractivity contribution in [3.8, 4) is 0 Å². The molecule has 1 fully saturated rings. The highest BCUT2D eigenvalue weighted by atomic mass is 15.1. The summed E-state index contributed by atoms with van der Waals surface area (Å²) >= 11 is 0. The van der Waals surface area contributed by atoms with E-state index in [0.717, 1.165) is 5.92 Å². The van der Waals surface area contributed by atoms with Gasteiger partial charge in [0.1, 0.15) is 0 Å². The van der Waals surface area contributed by atoms with Crippen molar-refractivity contribution in [1.82, 2.24) is 4.90 Å². The number of rotatable bonds is 1. The van der Waals surface area contributed by atoms with Gasteiger partial charge in [0, 0.05) is 6.04 Å². The van der Waals surface area contributed by atoms with Gasteiger partial charge in [-0.15, -0.1) is 6.58 Å². The van der Waals surface area contributed by atoms with Crippen LogP contribution in [0.1, 0.15) is 25.7 Å². The van der Waals surface area contributed by atoms with Crippen LogP contribution in [-0.4, -0.2) is 24.5 Å². The monoisotopic (exact) mass is 217 g/mol. The second kappa shape index (κ2) is 5.49. The van der Waals surface area contributed by atoms with Gasteiger partial charge in [-0.3, -0.25) is 4.90 Å². The molecular formula is C15H23N. The Kier molecular flexibility index (Phi) is 4.00. The van der Waals surface area contributed by atoms with E-state index in [2.05, 4.69) is 48.9 Å². The maximum absolute atomic E-state index is 3.99. The van der Waals surface area contributed by atoms with Crippen LogP contribution in [0.5, 0.6) is 0 Å². The molecule has 0 bridgehead atoms. The molecule has 0 aromatic rings. The zero-order valence-electron chi connectivity index (χ0n) is 10.3. The highest BCUT2D eigenvalue weighted by molar-refractivity contribution is 5.15. The first-order valence-corrected chi connectivity index (χ1v) is 6.49. The van der Waals surface area contributed by atoms with Gasteiger partial charge < -0.3 is 0 Å². The molecule has 1 aliphatic carbocycles. The van der Waals surface area contributed by atoms with Crippen molar-refractivity contribution >= 4 is 0 Å². The smallest absolute Gasteiger partial charge is 0.0278 e. The van der Waals surface area contributed by atoms with Crippen LogP contribution in [0.2, 0.25) is 0 Å². The van der Waals surface area contributed by atoms with Gasteiger partial charge in [-0.2, -0.15) is 0 Å². The SMILES string of the molecule is C=CC1CC2C=CC=CC2CCCCN1C. The molecular weight excluding hydrogens is 194 g/mol. The van der Waals surface area contributed by atoms with Crippen molar-refractivity contribution in [2.75, 3.05) is 13.6 Å². The fourth-order valence-corrected chi connectivity index (χ4v) is 2.90. The summed E-state index contributed by atoms with van der Waals surface area (Å²) in [7, 11) is 2.23. The predicted molar refractivity (Wildman–Crippen MR) is 70.3 cm³/mol.